The zero-order valence-electron chi connectivity index (χ0n) is 14.6. The van der Waals surface area contributed by atoms with E-state index in [1.54, 1.807) is 18.6 Å². The van der Waals surface area contributed by atoms with Crippen LogP contribution in [-0.2, 0) is 12.8 Å². The Labute approximate surface area is 152 Å². The summed E-state index contributed by atoms with van der Waals surface area (Å²) in [6, 6.07) is 10.5. The van der Waals surface area contributed by atoms with Crippen LogP contribution in [0.2, 0.25) is 0 Å². The van der Waals surface area contributed by atoms with Crippen LogP contribution < -0.4 is 4.90 Å². The van der Waals surface area contributed by atoms with E-state index in [1.165, 1.54) is 16.5 Å². The normalized spacial score (nSPS) is 16.3. The van der Waals surface area contributed by atoms with Crippen molar-refractivity contribution in [1.29, 1.82) is 0 Å². The summed E-state index contributed by atoms with van der Waals surface area (Å²) in [5, 5.41) is 2.41. The van der Waals surface area contributed by atoms with Gasteiger partial charge in [-0.15, -0.1) is 0 Å². The van der Waals surface area contributed by atoms with Crippen LogP contribution in [0, 0.1) is 0 Å². The molecule has 2 heterocycles. The molecule has 1 saturated heterocycles. The van der Waals surface area contributed by atoms with Crippen LogP contribution in [0.3, 0.4) is 0 Å². The molecule has 0 N–H and O–H groups in total. The summed E-state index contributed by atoms with van der Waals surface area (Å²) in [6.45, 7) is 2.98. The summed E-state index contributed by atoms with van der Waals surface area (Å²) in [6.07, 6.45) is 7.33. The first-order chi connectivity index (χ1) is 12.8. The molecular formula is C21H20N4O. The highest BCUT2D eigenvalue weighted by atomic mass is 16.2. The van der Waals surface area contributed by atoms with E-state index in [2.05, 4.69) is 39.1 Å². The molecule has 2 aromatic carbocycles. The second-order valence-electron chi connectivity index (χ2n) is 6.95. The first kappa shape index (κ1) is 15.3. The monoisotopic (exact) mass is 344 g/mol. The lowest BCUT2D eigenvalue weighted by Gasteiger charge is -2.35. The van der Waals surface area contributed by atoms with Crippen LogP contribution in [0.4, 0.5) is 5.82 Å². The molecule has 0 spiro atoms. The van der Waals surface area contributed by atoms with Crippen LogP contribution in [0.5, 0.6) is 0 Å². The van der Waals surface area contributed by atoms with Crippen molar-refractivity contribution in [3.63, 3.8) is 0 Å². The van der Waals surface area contributed by atoms with E-state index in [9.17, 15) is 4.79 Å². The Balaban J connectivity index is 1.40. The molecule has 5 nitrogen and oxygen atoms in total. The molecule has 5 rings (SSSR count). The lowest BCUT2D eigenvalue weighted by Crippen LogP contribution is -2.49. The van der Waals surface area contributed by atoms with Crippen molar-refractivity contribution in [1.82, 2.24) is 14.9 Å². The van der Waals surface area contributed by atoms with Gasteiger partial charge in [-0.1, -0.05) is 24.3 Å². The molecule has 0 radical (unpaired) electrons. The predicted octanol–water partition coefficient (Wildman–Crippen LogP) is 2.69. The van der Waals surface area contributed by atoms with Crippen LogP contribution in [-0.4, -0.2) is 47.0 Å². The zero-order chi connectivity index (χ0) is 17.5. The largest absolute Gasteiger partial charge is 0.352 e. The molecule has 1 amide bonds. The van der Waals surface area contributed by atoms with E-state index in [0.717, 1.165) is 42.7 Å². The fourth-order valence-electron chi connectivity index (χ4n) is 4.20. The Bertz CT molecular complexity index is 968. The van der Waals surface area contributed by atoms with Gasteiger partial charge >= 0.3 is 0 Å². The van der Waals surface area contributed by atoms with E-state index >= 15 is 0 Å². The minimum atomic E-state index is 0.138. The van der Waals surface area contributed by atoms with Crippen molar-refractivity contribution < 1.29 is 4.79 Å². The van der Waals surface area contributed by atoms with E-state index in [1.807, 2.05) is 11.0 Å². The molecule has 2 aliphatic rings. The maximum Gasteiger partial charge on any atom is 0.254 e. The van der Waals surface area contributed by atoms with Crippen molar-refractivity contribution in [3.05, 3.63) is 65.6 Å². The smallest absolute Gasteiger partial charge is 0.254 e. The molecule has 0 atom stereocenters. The minimum Gasteiger partial charge on any atom is -0.352 e. The van der Waals surface area contributed by atoms with Gasteiger partial charge in [0.1, 0.15) is 5.82 Å². The number of benzene rings is 2. The van der Waals surface area contributed by atoms with Crippen molar-refractivity contribution >= 4 is 22.5 Å². The topological polar surface area (TPSA) is 49.3 Å². The van der Waals surface area contributed by atoms with Gasteiger partial charge in [0.15, 0.2) is 0 Å². The van der Waals surface area contributed by atoms with Gasteiger partial charge in [-0.25, -0.2) is 4.98 Å². The quantitative estimate of drug-likeness (QED) is 0.717. The van der Waals surface area contributed by atoms with Crippen LogP contribution in [0.1, 0.15) is 21.5 Å². The highest BCUT2D eigenvalue weighted by Crippen LogP contribution is 2.33. The summed E-state index contributed by atoms with van der Waals surface area (Å²) in [4.78, 5) is 25.8. The third-order valence-electron chi connectivity index (χ3n) is 5.55. The first-order valence-electron chi connectivity index (χ1n) is 9.15. The number of piperazine rings is 1. The molecule has 1 aromatic heterocycles. The molecule has 5 heteroatoms. The number of hydrogen-bond acceptors (Lipinski definition) is 4. The predicted molar refractivity (Wildman–Crippen MR) is 102 cm³/mol. The average Bonchev–Trinajstić information content (AvgIpc) is 3.14. The Morgan fingerprint density at radius 1 is 0.923 bits per heavy atom. The molecule has 1 aliphatic carbocycles. The van der Waals surface area contributed by atoms with Crippen LogP contribution >= 0.6 is 0 Å². The Hall–Kier alpha value is -2.95. The molecule has 130 valence electrons. The highest BCUT2D eigenvalue weighted by Gasteiger charge is 2.25. The second kappa shape index (κ2) is 6.09. The molecular weight excluding hydrogens is 324 g/mol. The molecule has 26 heavy (non-hydrogen) atoms. The number of nitrogens with zero attached hydrogens (tertiary/aromatic N) is 4. The third kappa shape index (κ3) is 2.43. The molecule has 1 fully saturated rings. The molecule has 0 bridgehead atoms. The van der Waals surface area contributed by atoms with Gasteiger partial charge in [0, 0.05) is 44.1 Å². The van der Waals surface area contributed by atoms with E-state index in [4.69, 9.17) is 0 Å². The summed E-state index contributed by atoms with van der Waals surface area (Å²) in [7, 11) is 0. The van der Waals surface area contributed by atoms with E-state index < -0.39 is 0 Å². The minimum absolute atomic E-state index is 0.138. The molecule has 0 saturated carbocycles. The fraction of sp³-hybridized carbons (Fsp3) is 0.286. The van der Waals surface area contributed by atoms with Gasteiger partial charge in [0.2, 0.25) is 0 Å². The lowest BCUT2D eigenvalue weighted by molar-refractivity contribution is 0.0748. The summed E-state index contributed by atoms with van der Waals surface area (Å²) in [5.74, 6) is 1.02. The number of aryl methyl sites for hydroxylation is 2. The van der Waals surface area contributed by atoms with Gasteiger partial charge in [-0.2, -0.15) is 0 Å². The molecule has 1 aliphatic heterocycles. The lowest BCUT2D eigenvalue weighted by atomic mass is 9.99. The first-order valence-corrected chi connectivity index (χ1v) is 9.15. The number of aromatic nitrogens is 2. The highest BCUT2D eigenvalue weighted by molar-refractivity contribution is 6.09. The van der Waals surface area contributed by atoms with E-state index in [0.29, 0.717) is 13.1 Å². The van der Waals surface area contributed by atoms with Crippen LogP contribution in [0.15, 0.2) is 48.9 Å². The number of hydrogen-bond donors (Lipinski definition) is 0. The summed E-state index contributed by atoms with van der Waals surface area (Å²) < 4.78 is 0. The van der Waals surface area contributed by atoms with Gasteiger partial charge in [-0.3, -0.25) is 9.78 Å². The van der Waals surface area contributed by atoms with Crippen molar-refractivity contribution in [2.24, 2.45) is 0 Å². The van der Waals surface area contributed by atoms with Gasteiger partial charge in [0.25, 0.3) is 5.91 Å². The van der Waals surface area contributed by atoms with Crippen LogP contribution in [0.25, 0.3) is 10.8 Å². The number of rotatable bonds is 2. The maximum atomic E-state index is 13.2. The Morgan fingerprint density at radius 3 is 2.50 bits per heavy atom. The fourth-order valence-corrected chi connectivity index (χ4v) is 4.20. The maximum absolute atomic E-state index is 13.2. The summed E-state index contributed by atoms with van der Waals surface area (Å²) in [5.41, 5.74) is 3.58. The Kier molecular flexibility index (Phi) is 3.59. The van der Waals surface area contributed by atoms with Gasteiger partial charge in [-0.05, 0) is 40.8 Å². The third-order valence-corrected chi connectivity index (χ3v) is 5.55. The number of anilines is 1. The Morgan fingerprint density at radius 2 is 1.73 bits per heavy atom. The van der Waals surface area contributed by atoms with Crippen molar-refractivity contribution in [2.45, 2.75) is 12.8 Å². The van der Waals surface area contributed by atoms with E-state index in [-0.39, 0.29) is 5.91 Å². The molecule has 0 unspecified atom stereocenters. The van der Waals surface area contributed by atoms with Gasteiger partial charge < -0.3 is 9.80 Å². The van der Waals surface area contributed by atoms with Crippen molar-refractivity contribution in [2.75, 3.05) is 31.1 Å². The van der Waals surface area contributed by atoms with Gasteiger partial charge in [0.05, 0.1) is 6.20 Å². The molecule has 3 aromatic rings. The number of carbonyl (C=O) groups excluding carboxylic acids is 1. The van der Waals surface area contributed by atoms with Crippen molar-refractivity contribution in [3.8, 4) is 0 Å². The number of carbonyl (C=O) groups is 1. The zero-order valence-corrected chi connectivity index (χ0v) is 14.6. The average molecular weight is 344 g/mol. The standard InChI is InChI=1S/C21H20N4O/c26-21(25-12-10-24(11-13-25)19-14-22-8-9-23-19)18-7-6-16-5-4-15-2-1-3-17(18)20(15)16/h1-3,6-9,14H,4-5,10-13H2. The number of amides is 1. The second-order valence-corrected chi connectivity index (χ2v) is 6.95. The summed E-state index contributed by atoms with van der Waals surface area (Å²) >= 11 is 0. The SMILES string of the molecule is O=C(c1ccc2c3c(cccc13)CC2)N1CCN(c2cnccn2)CC1.